The number of rotatable bonds is 5. The molecular formula is C28H29N3O2. The summed E-state index contributed by atoms with van der Waals surface area (Å²) in [4.78, 5) is 20.2. The molecule has 2 aromatic carbocycles. The summed E-state index contributed by atoms with van der Waals surface area (Å²) in [7, 11) is 0. The Morgan fingerprint density at radius 1 is 0.848 bits per heavy atom. The zero-order chi connectivity index (χ0) is 22.6. The van der Waals surface area contributed by atoms with Crippen molar-refractivity contribution in [1.29, 1.82) is 0 Å². The molecule has 0 amide bonds. The van der Waals surface area contributed by atoms with Crippen LogP contribution in [-0.2, 0) is 12.8 Å². The molecule has 0 spiro atoms. The molecule has 1 aliphatic heterocycles. The van der Waals surface area contributed by atoms with Crippen LogP contribution in [0.1, 0.15) is 39.2 Å². The Balaban J connectivity index is 1.26. The summed E-state index contributed by atoms with van der Waals surface area (Å²) in [6.07, 6.45) is 5.60. The molecule has 168 valence electrons. The van der Waals surface area contributed by atoms with E-state index in [-0.39, 0.29) is 5.69 Å². The lowest BCUT2D eigenvalue weighted by Gasteiger charge is -2.35. The Morgan fingerprint density at radius 3 is 2.12 bits per heavy atom. The first-order valence-corrected chi connectivity index (χ1v) is 11.7. The monoisotopic (exact) mass is 439 g/mol. The van der Waals surface area contributed by atoms with Gasteiger partial charge < -0.3 is 10.0 Å². The molecule has 1 N–H and O–H groups in total. The molecule has 1 aromatic heterocycles. The maximum atomic E-state index is 11.2. The minimum Gasteiger partial charge on any atom is -0.477 e. The van der Waals surface area contributed by atoms with E-state index in [1.54, 1.807) is 12.1 Å². The van der Waals surface area contributed by atoms with Crippen LogP contribution in [0.3, 0.4) is 0 Å². The smallest absolute Gasteiger partial charge is 0.354 e. The van der Waals surface area contributed by atoms with Crippen molar-refractivity contribution >= 4 is 17.4 Å². The van der Waals surface area contributed by atoms with E-state index in [0.717, 1.165) is 57.8 Å². The number of carboxylic acid groups (broad SMARTS) is 1. The van der Waals surface area contributed by atoms with Crippen LogP contribution in [0.4, 0.5) is 5.82 Å². The molecule has 1 aliphatic carbocycles. The maximum absolute atomic E-state index is 11.2. The Kier molecular flexibility index (Phi) is 6.22. The van der Waals surface area contributed by atoms with Gasteiger partial charge in [0.05, 0.1) is 0 Å². The molecule has 0 unspecified atom stereocenters. The van der Waals surface area contributed by atoms with Gasteiger partial charge in [-0.05, 0) is 59.2 Å². The first kappa shape index (κ1) is 21.4. The predicted octanol–water partition coefficient (Wildman–Crippen LogP) is 4.52. The summed E-state index contributed by atoms with van der Waals surface area (Å²) in [5.41, 5.74) is 7.08. The lowest BCUT2D eigenvalue weighted by molar-refractivity contribution is 0.0690. The molecule has 1 fully saturated rings. The molecule has 5 heteroatoms. The quantitative estimate of drug-likeness (QED) is 0.633. The minimum absolute atomic E-state index is 0.102. The van der Waals surface area contributed by atoms with Crippen molar-refractivity contribution in [3.05, 3.63) is 101 Å². The standard InChI is InChI=1S/C28H29N3O2/c32-28(33)26-12-5-13-27(29-26)31-19-17-30(18-20-31)16-6-11-25-23-9-3-1-7-21(23)14-15-22-8-2-4-10-24(22)25/h1-5,7-13H,6,14-20H2,(H,32,33). The van der Waals surface area contributed by atoms with Crippen LogP contribution in [0.15, 0.2) is 72.8 Å². The van der Waals surface area contributed by atoms with Gasteiger partial charge in [-0.2, -0.15) is 0 Å². The molecule has 0 bridgehead atoms. The van der Waals surface area contributed by atoms with E-state index in [1.165, 1.54) is 27.8 Å². The third kappa shape index (κ3) is 4.69. The highest BCUT2D eigenvalue weighted by molar-refractivity contribution is 5.86. The lowest BCUT2D eigenvalue weighted by atomic mass is 9.93. The number of nitrogens with zero attached hydrogens (tertiary/aromatic N) is 3. The van der Waals surface area contributed by atoms with E-state index in [4.69, 9.17) is 0 Å². The molecule has 0 radical (unpaired) electrons. The minimum atomic E-state index is -0.981. The average molecular weight is 440 g/mol. The first-order chi connectivity index (χ1) is 16.2. The van der Waals surface area contributed by atoms with Gasteiger partial charge in [-0.1, -0.05) is 60.7 Å². The van der Waals surface area contributed by atoms with Crippen molar-refractivity contribution in [2.45, 2.75) is 19.3 Å². The number of fused-ring (bicyclic) bond motifs is 2. The van der Waals surface area contributed by atoms with E-state index in [0.29, 0.717) is 0 Å². The number of anilines is 1. The number of benzene rings is 2. The number of pyridine rings is 1. The fourth-order valence-electron chi connectivity index (χ4n) is 4.95. The van der Waals surface area contributed by atoms with Gasteiger partial charge in [0.25, 0.3) is 0 Å². The Bertz CT molecular complexity index is 1130. The fraction of sp³-hybridized carbons (Fsp3) is 0.286. The van der Waals surface area contributed by atoms with Crippen molar-refractivity contribution in [3.8, 4) is 0 Å². The average Bonchev–Trinajstić information content (AvgIpc) is 3.02. The largest absolute Gasteiger partial charge is 0.477 e. The van der Waals surface area contributed by atoms with E-state index in [9.17, 15) is 9.90 Å². The van der Waals surface area contributed by atoms with Gasteiger partial charge in [-0.15, -0.1) is 0 Å². The van der Waals surface area contributed by atoms with Gasteiger partial charge in [-0.25, -0.2) is 9.78 Å². The van der Waals surface area contributed by atoms with Crippen LogP contribution >= 0.6 is 0 Å². The second kappa shape index (κ2) is 9.59. The summed E-state index contributed by atoms with van der Waals surface area (Å²) in [5.74, 6) is -0.228. The van der Waals surface area contributed by atoms with Crippen molar-refractivity contribution in [2.24, 2.45) is 0 Å². The number of aromatic nitrogens is 1. The highest BCUT2D eigenvalue weighted by Crippen LogP contribution is 2.33. The summed E-state index contributed by atoms with van der Waals surface area (Å²) >= 11 is 0. The maximum Gasteiger partial charge on any atom is 0.354 e. The summed E-state index contributed by atoms with van der Waals surface area (Å²) < 4.78 is 0. The van der Waals surface area contributed by atoms with Crippen molar-refractivity contribution < 1.29 is 9.90 Å². The third-order valence-electron chi connectivity index (χ3n) is 6.72. The molecule has 0 saturated carbocycles. The SMILES string of the molecule is O=C(O)c1cccc(N2CCN(CCC=C3c4ccccc4CCc4ccccc43)CC2)n1. The van der Waals surface area contributed by atoms with Gasteiger partial charge in [-0.3, -0.25) is 4.90 Å². The number of carbonyl (C=O) groups is 1. The lowest BCUT2D eigenvalue weighted by Crippen LogP contribution is -2.46. The highest BCUT2D eigenvalue weighted by Gasteiger charge is 2.20. The van der Waals surface area contributed by atoms with Crippen LogP contribution < -0.4 is 4.90 Å². The molecular weight excluding hydrogens is 410 g/mol. The molecule has 2 aliphatic rings. The highest BCUT2D eigenvalue weighted by atomic mass is 16.4. The molecule has 5 rings (SSSR count). The van der Waals surface area contributed by atoms with Crippen molar-refractivity contribution in [3.63, 3.8) is 0 Å². The zero-order valence-electron chi connectivity index (χ0n) is 18.8. The van der Waals surface area contributed by atoms with E-state index in [1.807, 2.05) is 6.07 Å². The topological polar surface area (TPSA) is 56.7 Å². The van der Waals surface area contributed by atoms with Gasteiger partial charge in [0, 0.05) is 32.7 Å². The number of aromatic carboxylic acids is 1. The van der Waals surface area contributed by atoms with Crippen LogP contribution in [0.25, 0.3) is 5.57 Å². The van der Waals surface area contributed by atoms with Gasteiger partial charge in [0.1, 0.15) is 5.82 Å². The number of carboxylic acids is 1. The summed E-state index contributed by atoms with van der Waals surface area (Å²) in [6, 6.07) is 22.9. The van der Waals surface area contributed by atoms with E-state index >= 15 is 0 Å². The number of piperazine rings is 1. The molecule has 5 nitrogen and oxygen atoms in total. The van der Waals surface area contributed by atoms with E-state index < -0.39 is 5.97 Å². The molecule has 1 saturated heterocycles. The summed E-state index contributed by atoms with van der Waals surface area (Å²) in [6.45, 7) is 4.64. The Hall–Kier alpha value is -3.44. The van der Waals surface area contributed by atoms with Gasteiger partial charge in [0.2, 0.25) is 0 Å². The second-order valence-corrected chi connectivity index (χ2v) is 8.74. The van der Waals surface area contributed by atoms with Crippen LogP contribution in [0.2, 0.25) is 0 Å². The van der Waals surface area contributed by atoms with E-state index in [2.05, 4.69) is 69.4 Å². The number of hydrogen-bond acceptors (Lipinski definition) is 4. The zero-order valence-corrected chi connectivity index (χ0v) is 18.8. The Labute approximate surface area is 195 Å². The number of aryl methyl sites for hydroxylation is 2. The first-order valence-electron chi connectivity index (χ1n) is 11.7. The molecule has 0 atom stereocenters. The number of hydrogen-bond donors (Lipinski definition) is 1. The van der Waals surface area contributed by atoms with Crippen LogP contribution in [0, 0.1) is 0 Å². The fourth-order valence-corrected chi connectivity index (χ4v) is 4.95. The molecule has 33 heavy (non-hydrogen) atoms. The predicted molar refractivity (Wildman–Crippen MR) is 132 cm³/mol. The summed E-state index contributed by atoms with van der Waals surface area (Å²) in [5, 5.41) is 9.20. The Morgan fingerprint density at radius 2 is 1.48 bits per heavy atom. The third-order valence-corrected chi connectivity index (χ3v) is 6.72. The molecule has 2 heterocycles. The van der Waals surface area contributed by atoms with Crippen LogP contribution in [0.5, 0.6) is 0 Å². The van der Waals surface area contributed by atoms with Crippen molar-refractivity contribution in [1.82, 2.24) is 9.88 Å². The van der Waals surface area contributed by atoms with Crippen molar-refractivity contribution in [2.75, 3.05) is 37.6 Å². The van der Waals surface area contributed by atoms with Gasteiger partial charge >= 0.3 is 5.97 Å². The molecule has 3 aromatic rings. The second-order valence-electron chi connectivity index (χ2n) is 8.74. The van der Waals surface area contributed by atoms with Gasteiger partial charge in [0.15, 0.2) is 5.69 Å². The van der Waals surface area contributed by atoms with Crippen LogP contribution in [-0.4, -0.2) is 53.7 Å². The normalized spacial score (nSPS) is 16.0.